The number of thiophene rings is 1. The van der Waals surface area contributed by atoms with E-state index in [-0.39, 0.29) is 0 Å². The lowest BCUT2D eigenvalue weighted by atomic mass is 9.82. The molecule has 51 heavy (non-hydrogen) atoms. The summed E-state index contributed by atoms with van der Waals surface area (Å²) in [4.78, 5) is 0. The predicted octanol–water partition coefficient (Wildman–Crippen LogP) is 14.8. The summed E-state index contributed by atoms with van der Waals surface area (Å²) in [6.45, 7) is 0. The molecule has 0 saturated carbocycles. The summed E-state index contributed by atoms with van der Waals surface area (Å²) in [6.07, 6.45) is 0. The SMILES string of the molecule is c1ccc(-c2cc3c(ccc4ccccc43)cc2-c2c3ccccc3c(-c3cccc4sc5ccc6ccccc6c5c34)c3ccccc23)cc1. The number of benzene rings is 10. The molecule has 11 rings (SSSR count). The number of hydrogen-bond donors (Lipinski definition) is 0. The minimum Gasteiger partial charge on any atom is -0.135 e. The van der Waals surface area contributed by atoms with E-state index < -0.39 is 0 Å². The van der Waals surface area contributed by atoms with E-state index in [9.17, 15) is 0 Å². The maximum absolute atomic E-state index is 2.44. The Balaban J connectivity index is 1.30. The van der Waals surface area contributed by atoms with E-state index >= 15 is 0 Å². The second-order valence-electron chi connectivity index (χ2n) is 13.6. The standard InChI is InChI=1S/C50H30S/c1-2-13-31(14-3-1)42-30-43-34(26-25-32-15-4-6-17-35(32)43)29-44(42)48-39-21-10-8-19-37(39)47(38-20-9-11-22-40(38)48)41-23-12-24-45-50(41)49-36-18-7-5-16-33(36)27-28-46(49)51-45/h1-30H. The van der Waals surface area contributed by atoms with Crippen molar-refractivity contribution >= 4 is 85.4 Å². The van der Waals surface area contributed by atoms with Gasteiger partial charge in [0.05, 0.1) is 0 Å². The van der Waals surface area contributed by atoms with Gasteiger partial charge in [0.1, 0.15) is 0 Å². The van der Waals surface area contributed by atoms with Gasteiger partial charge in [-0.05, 0) is 112 Å². The Morgan fingerprint density at radius 3 is 1.51 bits per heavy atom. The summed E-state index contributed by atoms with van der Waals surface area (Å²) in [7, 11) is 0. The summed E-state index contributed by atoms with van der Waals surface area (Å²) >= 11 is 1.90. The highest BCUT2D eigenvalue weighted by atomic mass is 32.1. The van der Waals surface area contributed by atoms with Crippen LogP contribution in [0, 0.1) is 0 Å². The Morgan fingerprint density at radius 2 is 0.804 bits per heavy atom. The monoisotopic (exact) mass is 662 g/mol. The minimum absolute atomic E-state index is 1.22. The molecule has 1 heterocycles. The average Bonchev–Trinajstić information content (AvgIpc) is 3.60. The van der Waals surface area contributed by atoms with Gasteiger partial charge in [-0.15, -0.1) is 11.3 Å². The Kier molecular flexibility index (Phi) is 6.22. The Morgan fingerprint density at radius 1 is 0.275 bits per heavy atom. The normalized spacial score (nSPS) is 11.9. The Hall–Kier alpha value is -6.28. The zero-order valence-electron chi connectivity index (χ0n) is 27.7. The van der Waals surface area contributed by atoms with Crippen molar-refractivity contribution in [2.75, 3.05) is 0 Å². The highest BCUT2D eigenvalue weighted by Gasteiger charge is 2.22. The van der Waals surface area contributed by atoms with Gasteiger partial charge in [0, 0.05) is 20.2 Å². The number of fused-ring (bicyclic) bond motifs is 10. The van der Waals surface area contributed by atoms with Crippen molar-refractivity contribution in [1.82, 2.24) is 0 Å². The fourth-order valence-corrected chi connectivity index (χ4v) is 9.77. The van der Waals surface area contributed by atoms with Gasteiger partial charge in [-0.3, -0.25) is 0 Å². The second kappa shape index (κ2) is 11.1. The maximum Gasteiger partial charge on any atom is 0.0362 e. The lowest BCUT2D eigenvalue weighted by Gasteiger charge is -2.21. The van der Waals surface area contributed by atoms with Crippen molar-refractivity contribution in [3.63, 3.8) is 0 Å². The average molecular weight is 663 g/mol. The molecule has 0 aliphatic carbocycles. The van der Waals surface area contributed by atoms with Crippen molar-refractivity contribution in [2.24, 2.45) is 0 Å². The first kappa shape index (κ1) is 28.5. The number of rotatable bonds is 3. The first-order valence-electron chi connectivity index (χ1n) is 17.6. The van der Waals surface area contributed by atoms with Crippen LogP contribution in [0.2, 0.25) is 0 Å². The summed E-state index contributed by atoms with van der Waals surface area (Å²) in [5.41, 5.74) is 7.61. The van der Waals surface area contributed by atoms with Crippen LogP contribution in [0.4, 0.5) is 0 Å². The van der Waals surface area contributed by atoms with Crippen LogP contribution in [0.1, 0.15) is 0 Å². The fraction of sp³-hybridized carbons (Fsp3) is 0. The van der Waals surface area contributed by atoms with Crippen molar-refractivity contribution in [2.45, 2.75) is 0 Å². The van der Waals surface area contributed by atoms with E-state index in [1.807, 2.05) is 11.3 Å². The van der Waals surface area contributed by atoms with Crippen molar-refractivity contribution < 1.29 is 0 Å². The lowest BCUT2D eigenvalue weighted by molar-refractivity contribution is 1.63. The maximum atomic E-state index is 2.44. The van der Waals surface area contributed by atoms with E-state index in [1.165, 1.54) is 107 Å². The Labute approximate surface area is 299 Å². The van der Waals surface area contributed by atoms with Crippen LogP contribution < -0.4 is 0 Å². The third-order valence-electron chi connectivity index (χ3n) is 10.8. The molecule has 1 heteroatoms. The van der Waals surface area contributed by atoms with E-state index in [4.69, 9.17) is 0 Å². The van der Waals surface area contributed by atoms with Crippen LogP contribution >= 0.6 is 11.3 Å². The molecule has 0 bridgehead atoms. The molecule has 0 N–H and O–H groups in total. The zero-order chi connectivity index (χ0) is 33.5. The third-order valence-corrected chi connectivity index (χ3v) is 11.9. The van der Waals surface area contributed by atoms with E-state index in [0.717, 1.165) is 0 Å². The molecular weight excluding hydrogens is 633 g/mol. The van der Waals surface area contributed by atoms with Gasteiger partial charge >= 0.3 is 0 Å². The molecule has 1 aromatic heterocycles. The molecule has 0 saturated heterocycles. The molecule has 0 aliphatic rings. The van der Waals surface area contributed by atoms with Crippen LogP contribution in [-0.2, 0) is 0 Å². The molecule has 0 amide bonds. The summed E-state index contributed by atoms with van der Waals surface area (Å²) in [5.74, 6) is 0. The van der Waals surface area contributed by atoms with Crippen LogP contribution in [0.5, 0.6) is 0 Å². The Bertz CT molecular complexity index is 3130. The smallest absolute Gasteiger partial charge is 0.0362 e. The van der Waals surface area contributed by atoms with Crippen molar-refractivity contribution in [3.8, 4) is 33.4 Å². The van der Waals surface area contributed by atoms with Gasteiger partial charge in [-0.25, -0.2) is 0 Å². The van der Waals surface area contributed by atoms with Gasteiger partial charge in [-0.1, -0.05) is 158 Å². The molecule has 0 fully saturated rings. The third kappa shape index (κ3) is 4.26. The molecule has 0 nitrogen and oxygen atoms in total. The molecule has 0 unspecified atom stereocenters. The van der Waals surface area contributed by atoms with Crippen molar-refractivity contribution in [3.05, 3.63) is 182 Å². The summed E-state index contributed by atoms with van der Waals surface area (Å²) < 4.78 is 2.65. The van der Waals surface area contributed by atoms with Crippen LogP contribution in [0.15, 0.2) is 182 Å². The largest absolute Gasteiger partial charge is 0.135 e. The van der Waals surface area contributed by atoms with Gasteiger partial charge in [-0.2, -0.15) is 0 Å². The molecule has 0 atom stereocenters. The van der Waals surface area contributed by atoms with Gasteiger partial charge < -0.3 is 0 Å². The molecule has 236 valence electrons. The van der Waals surface area contributed by atoms with Crippen LogP contribution in [0.25, 0.3) is 107 Å². The summed E-state index contributed by atoms with van der Waals surface area (Å²) in [5, 5.41) is 15.5. The molecule has 11 aromatic rings. The van der Waals surface area contributed by atoms with Gasteiger partial charge in [0.2, 0.25) is 0 Å². The highest BCUT2D eigenvalue weighted by molar-refractivity contribution is 7.26. The lowest BCUT2D eigenvalue weighted by Crippen LogP contribution is -1.94. The van der Waals surface area contributed by atoms with E-state index in [2.05, 4.69) is 182 Å². The van der Waals surface area contributed by atoms with E-state index in [0.29, 0.717) is 0 Å². The molecular formula is C50H30S. The van der Waals surface area contributed by atoms with E-state index in [1.54, 1.807) is 0 Å². The molecule has 10 aromatic carbocycles. The number of hydrogen-bond acceptors (Lipinski definition) is 1. The minimum atomic E-state index is 1.22. The quantitative estimate of drug-likeness (QED) is 0.130. The first-order valence-corrected chi connectivity index (χ1v) is 18.4. The molecule has 0 spiro atoms. The predicted molar refractivity (Wildman–Crippen MR) is 223 cm³/mol. The molecule has 0 aliphatic heterocycles. The fourth-order valence-electron chi connectivity index (χ4n) is 8.62. The first-order chi connectivity index (χ1) is 25.3. The van der Waals surface area contributed by atoms with Crippen molar-refractivity contribution in [1.29, 1.82) is 0 Å². The topological polar surface area (TPSA) is 0 Å². The van der Waals surface area contributed by atoms with Gasteiger partial charge in [0.15, 0.2) is 0 Å². The molecule has 0 radical (unpaired) electrons. The second-order valence-corrected chi connectivity index (χ2v) is 14.6. The van der Waals surface area contributed by atoms with Gasteiger partial charge in [0.25, 0.3) is 0 Å². The summed E-state index contributed by atoms with van der Waals surface area (Å²) in [6, 6.07) is 67.5. The van der Waals surface area contributed by atoms with Crippen LogP contribution in [-0.4, -0.2) is 0 Å². The van der Waals surface area contributed by atoms with Crippen LogP contribution in [0.3, 0.4) is 0 Å². The zero-order valence-corrected chi connectivity index (χ0v) is 28.5. The highest BCUT2D eigenvalue weighted by Crippen LogP contribution is 2.50.